The predicted octanol–water partition coefficient (Wildman–Crippen LogP) is 1.26. The molecule has 0 aromatic rings. The molecule has 2 fully saturated rings. The van der Waals surface area contributed by atoms with E-state index in [0.29, 0.717) is 5.92 Å². The fourth-order valence-electron chi connectivity index (χ4n) is 4.29. The Labute approximate surface area is 113 Å². The van der Waals surface area contributed by atoms with Gasteiger partial charge in [0, 0.05) is 0 Å². The van der Waals surface area contributed by atoms with Crippen LogP contribution in [0.4, 0.5) is 0 Å². The van der Waals surface area contributed by atoms with Crippen LogP contribution < -0.4 is 0 Å². The molecule has 1 saturated carbocycles. The Balaban J connectivity index is 2.05. The molecule has 0 spiro atoms. The van der Waals surface area contributed by atoms with E-state index in [-0.39, 0.29) is 29.4 Å². The fraction of sp³-hybridized carbons (Fsp3) is 0.800. The van der Waals surface area contributed by atoms with Crippen molar-refractivity contribution in [2.24, 2.45) is 23.2 Å². The summed E-state index contributed by atoms with van der Waals surface area (Å²) < 4.78 is 4.96. The zero-order valence-corrected chi connectivity index (χ0v) is 11.7. The average Bonchev–Trinajstić information content (AvgIpc) is 2.78. The van der Waals surface area contributed by atoms with E-state index < -0.39 is 17.7 Å². The van der Waals surface area contributed by atoms with E-state index in [2.05, 4.69) is 20.8 Å². The van der Waals surface area contributed by atoms with Crippen molar-refractivity contribution >= 4 is 5.97 Å². The third kappa shape index (κ3) is 1.77. The van der Waals surface area contributed by atoms with Crippen LogP contribution in [0.25, 0.3) is 0 Å². The highest BCUT2D eigenvalue weighted by molar-refractivity contribution is 5.93. The maximum absolute atomic E-state index is 11.7. The average molecular weight is 266 g/mol. The van der Waals surface area contributed by atoms with E-state index in [9.17, 15) is 15.0 Å². The molecule has 3 aliphatic rings. The third-order valence-corrected chi connectivity index (χ3v) is 5.24. The number of fused-ring (bicyclic) bond motifs is 2. The van der Waals surface area contributed by atoms with E-state index >= 15 is 0 Å². The molecule has 2 aliphatic carbocycles. The number of aliphatic hydroxyl groups excluding tert-OH is 1. The summed E-state index contributed by atoms with van der Waals surface area (Å²) in [4.78, 5) is 11.7. The topological polar surface area (TPSA) is 66.8 Å². The van der Waals surface area contributed by atoms with Crippen molar-refractivity contribution in [2.75, 3.05) is 6.61 Å². The van der Waals surface area contributed by atoms with Gasteiger partial charge < -0.3 is 14.9 Å². The number of aliphatic hydroxyl groups is 2. The van der Waals surface area contributed by atoms with Gasteiger partial charge in [0.1, 0.15) is 6.61 Å². The van der Waals surface area contributed by atoms with Crippen LogP contribution in [0.3, 0.4) is 0 Å². The molecule has 5 unspecified atom stereocenters. The van der Waals surface area contributed by atoms with Crippen LogP contribution in [0.1, 0.15) is 33.6 Å². The van der Waals surface area contributed by atoms with E-state index in [4.69, 9.17) is 4.74 Å². The molecule has 1 heterocycles. The molecule has 19 heavy (non-hydrogen) atoms. The first-order valence-electron chi connectivity index (χ1n) is 7.04. The molecule has 0 bridgehead atoms. The zero-order valence-electron chi connectivity index (χ0n) is 11.7. The maximum Gasteiger partial charge on any atom is 0.336 e. The standard InChI is InChI=1S/C15H22O4/c1-8-4-11-13(17)19-7-15(11,18)12(16)10-6-14(2,3)5-9(8)10/h4,8-10,12,16,18H,5-7H2,1-3H3. The van der Waals surface area contributed by atoms with Gasteiger partial charge in [0.05, 0.1) is 11.7 Å². The lowest BCUT2D eigenvalue weighted by Crippen LogP contribution is -2.48. The molecule has 3 rings (SSSR count). The number of ether oxygens (including phenoxy) is 1. The van der Waals surface area contributed by atoms with Crippen LogP contribution in [0.2, 0.25) is 0 Å². The minimum absolute atomic E-state index is 0.0262. The van der Waals surface area contributed by atoms with Crippen LogP contribution in [-0.2, 0) is 9.53 Å². The quantitative estimate of drug-likeness (QED) is 0.648. The molecule has 106 valence electrons. The number of carbonyl (C=O) groups is 1. The molecule has 2 N–H and O–H groups in total. The molecule has 1 aliphatic heterocycles. The summed E-state index contributed by atoms with van der Waals surface area (Å²) in [5.41, 5.74) is -1.07. The van der Waals surface area contributed by atoms with Crippen molar-refractivity contribution in [3.63, 3.8) is 0 Å². The largest absolute Gasteiger partial charge is 0.459 e. The van der Waals surface area contributed by atoms with Gasteiger partial charge >= 0.3 is 5.97 Å². The van der Waals surface area contributed by atoms with Crippen molar-refractivity contribution < 1.29 is 19.7 Å². The molecular weight excluding hydrogens is 244 g/mol. The van der Waals surface area contributed by atoms with Crippen molar-refractivity contribution in [3.05, 3.63) is 11.6 Å². The highest BCUT2D eigenvalue weighted by Gasteiger charge is 2.58. The number of esters is 1. The second kappa shape index (κ2) is 3.83. The number of hydrogen-bond acceptors (Lipinski definition) is 4. The minimum atomic E-state index is -1.51. The summed E-state index contributed by atoms with van der Waals surface area (Å²) in [5.74, 6) is 0.0434. The van der Waals surface area contributed by atoms with E-state index in [0.717, 1.165) is 12.8 Å². The Kier molecular flexibility index (Phi) is 2.64. The maximum atomic E-state index is 11.7. The third-order valence-electron chi connectivity index (χ3n) is 5.24. The molecule has 0 radical (unpaired) electrons. The van der Waals surface area contributed by atoms with Crippen molar-refractivity contribution in [3.8, 4) is 0 Å². The lowest BCUT2D eigenvalue weighted by atomic mass is 9.79. The first-order chi connectivity index (χ1) is 8.74. The molecule has 4 heteroatoms. The first-order valence-corrected chi connectivity index (χ1v) is 7.04. The van der Waals surface area contributed by atoms with Crippen LogP contribution >= 0.6 is 0 Å². The highest BCUT2D eigenvalue weighted by Crippen LogP contribution is 2.54. The van der Waals surface area contributed by atoms with E-state index in [1.165, 1.54) is 0 Å². The highest BCUT2D eigenvalue weighted by atomic mass is 16.6. The molecule has 0 aromatic carbocycles. The van der Waals surface area contributed by atoms with Gasteiger partial charge in [-0.3, -0.25) is 0 Å². The second-order valence-corrected chi connectivity index (χ2v) is 7.28. The molecule has 4 nitrogen and oxygen atoms in total. The number of cyclic esters (lactones) is 1. The smallest absolute Gasteiger partial charge is 0.336 e. The van der Waals surface area contributed by atoms with Gasteiger partial charge in [-0.05, 0) is 36.0 Å². The fourth-order valence-corrected chi connectivity index (χ4v) is 4.29. The Hall–Kier alpha value is -0.870. The summed E-state index contributed by atoms with van der Waals surface area (Å²) in [6.07, 6.45) is 2.80. The molecule has 1 saturated heterocycles. The summed E-state index contributed by atoms with van der Waals surface area (Å²) in [6, 6.07) is 0. The number of allylic oxidation sites excluding steroid dienone is 1. The van der Waals surface area contributed by atoms with Gasteiger partial charge in [0.15, 0.2) is 5.60 Å². The molecule has 0 aromatic heterocycles. The Morgan fingerprint density at radius 1 is 1.32 bits per heavy atom. The summed E-state index contributed by atoms with van der Waals surface area (Å²) in [6.45, 7) is 6.35. The Morgan fingerprint density at radius 2 is 1.95 bits per heavy atom. The predicted molar refractivity (Wildman–Crippen MR) is 69.2 cm³/mol. The number of rotatable bonds is 0. The van der Waals surface area contributed by atoms with Crippen molar-refractivity contribution in [1.29, 1.82) is 0 Å². The van der Waals surface area contributed by atoms with Crippen molar-refractivity contribution in [1.82, 2.24) is 0 Å². The van der Waals surface area contributed by atoms with Crippen LogP contribution in [0.5, 0.6) is 0 Å². The van der Waals surface area contributed by atoms with Gasteiger partial charge in [-0.25, -0.2) is 4.79 Å². The van der Waals surface area contributed by atoms with Crippen LogP contribution in [-0.4, -0.2) is 34.5 Å². The van der Waals surface area contributed by atoms with Crippen LogP contribution in [0.15, 0.2) is 11.6 Å². The molecular formula is C15H22O4. The minimum Gasteiger partial charge on any atom is -0.459 e. The SMILES string of the molecule is CC1C=C2C(=O)OCC2(O)C(O)C2CC(C)(C)CC12. The van der Waals surface area contributed by atoms with Gasteiger partial charge in [-0.2, -0.15) is 0 Å². The zero-order chi connectivity index (χ0) is 14.0. The normalized spacial score (nSPS) is 48.1. The van der Waals surface area contributed by atoms with Gasteiger partial charge in [-0.15, -0.1) is 0 Å². The van der Waals surface area contributed by atoms with E-state index in [1.54, 1.807) is 0 Å². The monoisotopic (exact) mass is 266 g/mol. The lowest BCUT2D eigenvalue weighted by Gasteiger charge is -2.32. The Morgan fingerprint density at radius 3 is 2.63 bits per heavy atom. The lowest BCUT2D eigenvalue weighted by molar-refractivity contribution is -0.136. The van der Waals surface area contributed by atoms with Gasteiger partial charge in [-0.1, -0.05) is 26.8 Å². The summed E-state index contributed by atoms with van der Waals surface area (Å²) in [5, 5.41) is 21.3. The number of hydrogen-bond donors (Lipinski definition) is 2. The summed E-state index contributed by atoms with van der Waals surface area (Å²) in [7, 11) is 0. The van der Waals surface area contributed by atoms with E-state index in [1.807, 2.05) is 6.08 Å². The Bertz CT molecular complexity index is 453. The van der Waals surface area contributed by atoms with Crippen LogP contribution in [0, 0.1) is 23.2 Å². The van der Waals surface area contributed by atoms with Crippen molar-refractivity contribution in [2.45, 2.75) is 45.3 Å². The molecule has 5 atom stereocenters. The second-order valence-electron chi connectivity index (χ2n) is 7.28. The number of carbonyl (C=O) groups excluding carboxylic acids is 1. The van der Waals surface area contributed by atoms with Gasteiger partial charge in [0.25, 0.3) is 0 Å². The van der Waals surface area contributed by atoms with Gasteiger partial charge in [0.2, 0.25) is 0 Å². The summed E-state index contributed by atoms with van der Waals surface area (Å²) >= 11 is 0. The molecule has 0 amide bonds. The first kappa shape index (κ1) is 13.1.